The van der Waals surface area contributed by atoms with Crippen LogP contribution in [-0.2, 0) is 10.3 Å². The lowest BCUT2D eigenvalue weighted by Crippen LogP contribution is -2.55. The largest absolute Gasteiger partial charge is 0.497 e. The van der Waals surface area contributed by atoms with Gasteiger partial charge in [0.05, 0.1) is 12.8 Å². The Morgan fingerprint density at radius 3 is 2.67 bits per heavy atom. The lowest BCUT2D eigenvalue weighted by Gasteiger charge is -2.45. The molecule has 2 aliphatic rings. The number of piperidine rings is 1. The molecule has 24 heavy (non-hydrogen) atoms. The lowest BCUT2D eigenvalue weighted by atomic mass is 9.69. The molecule has 132 valence electrons. The zero-order valence-electron chi connectivity index (χ0n) is 15.6. The van der Waals surface area contributed by atoms with Crippen molar-refractivity contribution in [2.24, 2.45) is 11.1 Å². The van der Waals surface area contributed by atoms with Crippen molar-refractivity contribution in [2.45, 2.75) is 51.5 Å². The van der Waals surface area contributed by atoms with Gasteiger partial charge in [-0.25, -0.2) is 0 Å². The molecule has 0 spiro atoms. The first kappa shape index (κ1) is 17.3. The minimum atomic E-state index is -0.117. The van der Waals surface area contributed by atoms with E-state index in [2.05, 4.69) is 43.0 Å². The van der Waals surface area contributed by atoms with Crippen LogP contribution in [0.5, 0.6) is 5.75 Å². The fourth-order valence-electron chi connectivity index (χ4n) is 4.07. The molecule has 0 bridgehead atoms. The first-order chi connectivity index (χ1) is 11.5. The topological polar surface area (TPSA) is 34.1 Å². The van der Waals surface area contributed by atoms with Crippen LogP contribution < -0.4 is 4.74 Å². The van der Waals surface area contributed by atoms with Crippen molar-refractivity contribution in [3.05, 3.63) is 29.3 Å². The smallest absolute Gasteiger partial charge is 0.119 e. The van der Waals surface area contributed by atoms with Gasteiger partial charge in [0, 0.05) is 24.5 Å². The second-order valence-corrected chi connectivity index (χ2v) is 7.54. The highest BCUT2D eigenvalue weighted by atomic mass is 16.6. The Morgan fingerprint density at radius 1 is 1.29 bits per heavy atom. The Bertz CT molecular complexity index is 624. The highest BCUT2D eigenvalue weighted by Crippen LogP contribution is 2.40. The van der Waals surface area contributed by atoms with Crippen molar-refractivity contribution in [3.63, 3.8) is 0 Å². The highest BCUT2D eigenvalue weighted by molar-refractivity contribution is 5.99. The van der Waals surface area contributed by atoms with Gasteiger partial charge in [-0.2, -0.15) is 0 Å². The van der Waals surface area contributed by atoms with Gasteiger partial charge in [-0.05, 0) is 69.2 Å². The standard InChI is InChI=1S/C20H30N2O2/c1-14-6-9-17(23-4)12-18(14)20(3)10-11-22(13-16-7-8-16)15(2)19(20)21-24-5/h6,9,12,15-16H,7-8,10-11,13H2,1-5H3/b21-19+. The van der Waals surface area contributed by atoms with Gasteiger partial charge in [0.2, 0.25) is 0 Å². The van der Waals surface area contributed by atoms with Crippen LogP contribution in [0.15, 0.2) is 23.4 Å². The van der Waals surface area contributed by atoms with E-state index in [4.69, 9.17) is 9.57 Å². The fraction of sp³-hybridized carbons (Fsp3) is 0.650. The first-order valence-electron chi connectivity index (χ1n) is 9.00. The monoisotopic (exact) mass is 330 g/mol. The molecule has 1 aromatic rings. The number of oxime groups is 1. The predicted octanol–water partition coefficient (Wildman–Crippen LogP) is 3.77. The van der Waals surface area contributed by atoms with Gasteiger partial charge in [-0.3, -0.25) is 4.90 Å². The van der Waals surface area contributed by atoms with E-state index in [1.165, 1.54) is 30.5 Å². The van der Waals surface area contributed by atoms with Crippen LogP contribution in [0.25, 0.3) is 0 Å². The molecule has 0 radical (unpaired) electrons. The number of hydrogen-bond acceptors (Lipinski definition) is 4. The van der Waals surface area contributed by atoms with Gasteiger partial charge in [0.15, 0.2) is 0 Å². The summed E-state index contributed by atoms with van der Waals surface area (Å²) in [4.78, 5) is 7.84. The van der Waals surface area contributed by atoms with E-state index in [-0.39, 0.29) is 5.41 Å². The summed E-state index contributed by atoms with van der Waals surface area (Å²) in [5.41, 5.74) is 3.60. The van der Waals surface area contributed by atoms with Gasteiger partial charge in [0.1, 0.15) is 12.9 Å². The molecule has 4 heteroatoms. The molecule has 2 fully saturated rings. The summed E-state index contributed by atoms with van der Waals surface area (Å²) in [6.45, 7) is 9.04. The molecule has 1 heterocycles. The van der Waals surface area contributed by atoms with Crippen molar-refractivity contribution in [3.8, 4) is 5.75 Å². The van der Waals surface area contributed by atoms with Gasteiger partial charge in [-0.15, -0.1) is 0 Å². The molecule has 1 aliphatic heterocycles. The molecule has 0 amide bonds. The number of methoxy groups -OCH3 is 1. The molecule has 0 N–H and O–H groups in total. The summed E-state index contributed by atoms with van der Waals surface area (Å²) in [7, 11) is 3.38. The van der Waals surface area contributed by atoms with Crippen LogP contribution in [-0.4, -0.2) is 44.0 Å². The summed E-state index contributed by atoms with van der Waals surface area (Å²) in [6, 6.07) is 6.64. The molecule has 1 aliphatic carbocycles. The van der Waals surface area contributed by atoms with E-state index in [0.29, 0.717) is 6.04 Å². The molecule has 1 saturated carbocycles. The minimum Gasteiger partial charge on any atom is -0.497 e. The van der Waals surface area contributed by atoms with E-state index < -0.39 is 0 Å². The van der Waals surface area contributed by atoms with Crippen molar-refractivity contribution >= 4 is 5.71 Å². The van der Waals surface area contributed by atoms with E-state index in [0.717, 1.165) is 30.3 Å². The summed E-state index contributed by atoms with van der Waals surface area (Å²) >= 11 is 0. The highest BCUT2D eigenvalue weighted by Gasteiger charge is 2.44. The van der Waals surface area contributed by atoms with Crippen molar-refractivity contribution < 1.29 is 9.57 Å². The summed E-state index contributed by atoms with van der Waals surface area (Å²) in [6.07, 6.45) is 3.82. The second kappa shape index (κ2) is 6.75. The normalized spacial score (nSPS) is 29.7. The van der Waals surface area contributed by atoms with Gasteiger partial charge in [0.25, 0.3) is 0 Å². The average molecular weight is 330 g/mol. The maximum atomic E-state index is 5.47. The summed E-state index contributed by atoms with van der Waals surface area (Å²) in [5.74, 6) is 1.79. The molecular weight excluding hydrogens is 300 g/mol. The van der Waals surface area contributed by atoms with Gasteiger partial charge < -0.3 is 9.57 Å². The third-order valence-electron chi connectivity index (χ3n) is 5.83. The van der Waals surface area contributed by atoms with Crippen molar-refractivity contribution in [2.75, 3.05) is 27.3 Å². The van der Waals surface area contributed by atoms with Crippen LogP contribution in [0.1, 0.15) is 44.2 Å². The Labute approximate surface area is 145 Å². The van der Waals surface area contributed by atoms with Crippen LogP contribution >= 0.6 is 0 Å². The van der Waals surface area contributed by atoms with E-state index in [1.807, 2.05) is 6.07 Å². The molecule has 0 aromatic heterocycles. The average Bonchev–Trinajstić information content (AvgIpc) is 3.39. The second-order valence-electron chi connectivity index (χ2n) is 7.54. The molecule has 4 nitrogen and oxygen atoms in total. The first-order valence-corrected chi connectivity index (χ1v) is 9.00. The Balaban J connectivity index is 1.97. The maximum absolute atomic E-state index is 5.47. The Kier molecular flexibility index (Phi) is 4.86. The van der Waals surface area contributed by atoms with Crippen molar-refractivity contribution in [1.82, 2.24) is 4.90 Å². The lowest BCUT2D eigenvalue weighted by molar-refractivity contribution is 0.170. The SMILES string of the molecule is CO/N=C1\C(C)N(CC2CC2)CCC1(C)c1cc(OC)ccc1C. The van der Waals surface area contributed by atoms with E-state index in [9.17, 15) is 0 Å². The number of rotatable bonds is 5. The molecule has 1 saturated heterocycles. The molecule has 3 rings (SSSR count). The van der Waals surface area contributed by atoms with Crippen LogP contribution in [0.3, 0.4) is 0 Å². The van der Waals surface area contributed by atoms with E-state index in [1.54, 1.807) is 14.2 Å². The predicted molar refractivity (Wildman–Crippen MR) is 97.9 cm³/mol. The number of benzene rings is 1. The van der Waals surface area contributed by atoms with Crippen LogP contribution in [0, 0.1) is 12.8 Å². The number of likely N-dealkylation sites (tertiary alicyclic amines) is 1. The molecule has 2 unspecified atom stereocenters. The minimum absolute atomic E-state index is 0.117. The number of ether oxygens (including phenoxy) is 1. The molecule has 1 aromatic carbocycles. The molecule has 2 atom stereocenters. The van der Waals surface area contributed by atoms with E-state index >= 15 is 0 Å². The van der Waals surface area contributed by atoms with Crippen molar-refractivity contribution in [1.29, 1.82) is 0 Å². The third kappa shape index (κ3) is 3.16. The quantitative estimate of drug-likeness (QED) is 0.771. The Hall–Kier alpha value is -1.55. The number of nitrogens with zero attached hydrogens (tertiary/aromatic N) is 2. The fourth-order valence-corrected chi connectivity index (χ4v) is 4.07. The molecular formula is C20H30N2O2. The zero-order chi connectivity index (χ0) is 17.3. The number of aryl methyl sites for hydroxylation is 1. The zero-order valence-corrected chi connectivity index (χ0v) is 15.6. The van der Waals surface area contributed by atoms with Crippen LogP contribution in [0.4, 0.5) is 0 Å². The summed E-state index contributed by atoms with van der Waals surface area (Å²) in [5, 5.41) is 4.50. The summed E-state index contributed by atoms with van der Waals surface area (Å²) < 4.78 is 5.47. The maximum Gasteiger partial charge on any atom is 0.119 e. The van der Waals surface area contributed by atoms with Gasteiger partial charge in [-0.1, -0.05) is 11.2 Å². The van der Waals surface area contributed by atoms with Crippen LogP contribution in [0.2, 0.25) is 0 Å². The number of hydrogen-bond donors (Lipinski definition) is 0. The third-order valence-corrected chi connectivity index (χ3v) is 5.83. The van der Waals surface area contributed by atoms with Gasteiger partial charge >= 0.3 is 0 Å². The Morgan fingerprint density at radius 2 is 2.04 bits per heavy atom.